The summed E-state index contributed by atoms with van der Waals surface area (Å²) in [6.07, 6.45) is 0.388. The molecule has 1 nitrogen and oxygen atoms in total. The largest absolute Gasteiger partial charge is 0.377 e. The number of hydrogen-bond acceptors (Lipinski definition) is 1. The van der Waals surface area contributed by atoms with Crippen LogP contribution in [0.1, 0.15) is 19.8 Å². The second-order valence-electron chi connectivity index (χ2n) is 3.18. The van der Waals surface area contributed by atoms with Crippen molar-refractivity contribution in [3.8, 4) is 0 Å². The third kappa shape index (κ3) is 9.78. The molecule has 0 unspecified atom stereocenters. The molecule has 0 amide bonds. The molecule has 0 rings (SSSR count). The van der Waals surface area contributed by atoms with Gasteiger partial charge in [0.1, 0.15) is 0 Å². The summed E-state index contributed by atoms with van der Waals surface area (Å²) in [7, 11) is -0.0634. The third-order valence-corrected chi connectivity index (χ3v) is 1.75. The van der Waals surface area contributed by atoms with Crippen LogP contribution in [0.5, 0.6) is 0 Å². The summed E-state index contributed by atoms with van der Waals surface area (Å²) in [5.41, 5.74) is -1.50. The molecule has 4 heteroatoms. The zero-order valence-corrected chi connectivity index (χ0v) is 9.70. The predicted octanol–water partition coefficient (Wildman–Crippen LogP) is 1.32. The molecule has 0 aromatic rings. The van der Waals surface area contributed by atoms with Crippen LogP contribution in [0.3, 0.4) is 0 Å². The second kappa shape index (κ2) is 5.43. The van der Waals surface area contributed by atoms with E-state index in [1.54, 1.807) is 0 Å². The van der Waals surface area contributed by atoms with E-state index in [-0.39, 0.29) is 16.7 Å². The Hall–Kier alpha value is -0.223. The van der Waals surface area contributed by atoms with E-state index in [1.165, 1.54) is 0 Å². The summed E-state index contributed by atoms with van der Waals surface area (Å²) < 4.78 is 29.7. The van der Waals surface area contributed by atoms with Crippen LogP contribution in [0.15, 0.2) is 12.2 Å². The van der Waals surface area contributed by atoms with Crippen molar-refractivity contribution in [2.45, 2.75) is 25.3 Å². The van der Waals surface area contributed by atoms with Gasteiger partial charge in [0.25, 0.3) is 0 Å². The lowest BCUT2D eigenvalue weighted by Gasteiger charge is -2.09. The second-order valence-corrected chi connectivity index (χ2v) is 4.65. The zero-order chi connectivity index (χ0) is 9.61. The van der Waals surface area contributed by atoms with Gasteiger partial charge < -0.3 is 4.74 Å². The SMILES string of the molecule is C=C(C)COCCCC(F)(F)[SiH3]. The first-order valence-electron chi connectivity index (χ1n) is 4.02. The van der Waals surface area contributed by atoms with Crippen molar-refractivity contribution in [3.05, 3.63) is 12.2 Å². The molecule has 0 radical (unpaired) electrons. The maximum absolute atomic E-state index is 12.3. The van der Waals surface area contributed by atoms with E-state index in [9.17, 15) is 8.78 Å². The molecule has 0 spiro atoms. The highest BCUT2D eigenvalue weighted by Crippen LogP contribution is 2.14. The summed E-state index contributed by atoms with van der Waals surface area (Å²) in [6, 6.07) is 0. The van der Waals surface area contributed by atoms with E-state index < -0.39 is 5.55 Å². The van der Waals surface area contributed by atoms with Crippen LogP contribution < -0.4 is 0 Å². The number of ether oxygens (including phenoxy) is 1. The van der Waals surface area contributed by atoms with Crippen molar-refractivity contribution in [2.75, 3.05) is 13.2 Å². The van der Waals surface area contributed by atoms with E-state index >= 15 is 0 Å². The fourth-order valence-corrected chi connectivity index (χ4v) is 1.08. The molecule has 0 saturated heterocycles. The molecular weight excluding hydrogens is 178 g/mol. The van der Waals surface area contributed by atoms with Crippen LogP contribution in [0, 0.1) is 0 Å². The van der Waals surface area contributed by atoms with Crippen molar-refractivity contribution in [2.24, 2.45) is 0 Å². The quantitative estimate of drug-likeness (QED) is 0.352. The molecule has 0 aromatic heterocycles. The normalized spacial score (nSPS) is 11.9. The summed E-state index contributed by atoms with van der Waals surface area (Å²) >= 11 is 0. The van der Waals surface area contributed by atoms with Crippen molar-refractivity contribution >= 4 is 10.2 Å². The van der Waals surface area contributed by atoms with Crippen LogP contribution >= 0.6 is 0 Å². The molecule has 0 bridgehead atoms. The fourth-order valence-electron chi connectivity index (χ4n) is 0.731. The topological polar surface area (TPSA) is 9.23 Å². The number of hydrogen-bond donors (Lipinski definition) is 0. The predicted molar refractivity (Wildman–Crippen MR) is 49.8 cm³/mol. The Morgan fingerprint density at radius 1 is 1.58 bits per heavy atom. The number of alkyl halides is 2. The van der Waals surface area contributed by atoms with Crippen LogP contribution in [-0.2, 0) is 4.74 Å². The van der Waals surface area contributed by atoms with E-state index in [0.717, 1.165) is 5.57 Å². The molecule has 72 valence electrons. The molecule has 0 aliphatic heterocycles. The Bertz CT molecular complexity index is 142. The fraction of sp³-hybridized carbons (Fsp3) is 0.750. The first-order valence-corrected chi connectivity index (χ1v) is 5.02. The lowest BCUT2D eigenvalue weighted by Crippen LogP contribution is -2.16. The van der Waals surface area contributed by atoms with E-state index in [1.807, 2.05) is 6.92 Å². The van der Waals surface area contributed by atoms with Gasteiger partial charge in [0, 0.05) is 13.0 Å². The maximum atomic E-state index is 12.3. The van der Waals surface area contributed by atoms with Gasteiger partial charge in [0.05, 0.1) is 16.8 Å². The zero-order valence-electron chi connectivity index (χ0n) is 7.70. The lowest BCUT2D eigenvalue weighted by atomic mass is 10.3. The van der Waals surface area contributed by atoms with Crippen molar-refractivity contribution in [3.63, 3.8) is 0 Å². The standard InChI is InChI=1S/C8H16F2OSi/c1-7(2)6-11-5-3-4-8(9,10)12/h1,3-6H2,2,12H3. The van der Waals surface area contributed by atoms with Crippen LogP contribution in [-0.4, -0.2) is 29.0 Å². The molecule has 0 heterocycles. The van der Waals surface area contributed by atoms with Gasteiger partial charge in [-0.2, -0.15) is 0 Å². The average Bonchev–Trinajstić information content (AvgIpc) is 1.83. The molecule has 0 atom stereocenters. The van der Waals surface area contributed by atoms with Gasteiger partial charge in [0.15, 0.2) is 0 Å². The van der Waals surface area contributed by atoms with E-state index in [2.05, 4.69) is 6.58 Å². The molecule has 0 aliphatic carbocycles. The molecule has 0 aliphatic rings. The Labute approximate surface area is 75.2 Å². The summed E-state index contributed by atoms with van der Waals surface area (Å²) in [5, 5.41) is 0. The molecule has 0 N–H and O–H groups in total. The molecule has 0 saturated carbocycles. The lowest BCUT2D eigenvalue weighted by molar-refractivity contribution is 0.0659. The molecule has 0 fully saturated rings. The molecule has 0 aromatic carbocycles. The summed E-state index contributed by atoms with van der Waals surface area (Å²) in [6.45, 7) is 6.37. The van der Waals surface area contributed by atoms with Gasteiger partial charge >= 0.3 is 0 Å². The van der Waals surface area contributed by atoms with Gasteiger partial charge in [-0.05, 0) is 13.3 Å². The minimum Gasteiger partial charge on any atom is -0.377 e. The van der Waals surface area contributed by atoms with Crippen molar-refractivity contribution in [1.82, 2.24) is 0 Å². The first kappa shape index (κ1) is 11.8. The van der Waals surface area contributed by atoms with Gasteiger partial charge in [-0.25, -0.2) is 8.78 Å². The van der Waals surface area contributed by atoms with Crippen LogP contribution in [0.4, 0.5) is 8.78 Å². The van der Waals surface area contributed by atoms with Crippen molar-refractivity contribution in [1.29, 1.82) is 0 Å². The van der Waals surface area contributed by atoms with Crippen LogP contribution in [0.25, 0.3) is 0 Å². The monoisotopic (exact) mass is 194 g/mol. The first-order chi connectivity index (χ1) is 5.42. The van der Waals surface area contributed by atoms with Crippen molar-refractivity contribution < 1.29 is 13.5 Å². The Morgan fingerprint density at radius 3 is 2.58 bits per heavy atom. The molecule has 12 heavy (non-hydrogen) atoms. The van der Waals surface area contributed by atoms with E-state index in [0.29, 0.717) is 19.6 Å². The van der Waals surface area contributed by atoms with Gasteiger partial charge in [-0.15, -0.1) is 0 Å². The smallest absolute Gasteiger partial charge is 0.220 e. The van der Waals surface area contributed by atoms with Gasteiger partial charge in [0.2, 0.25) is 5.55 Å². The van der Waals surface area contributed by atoms with Crippen LogP contribution in [0.2, 0.25) is 0 Å². The maximum Gasteiger partial charge on any atom is 0.220 e. The Morgan fingerprint density at radius 2 is 2.17 bits per heavy atom. The Kier molecular flexibility index (Phi) is 5.33. The molecular formula is C8H16F2OSi. The summed E-state index contributed by atoms with van der Waals surface area (Å²) in [4.78, 5) is 0. The highest BCUT2D eigenvalue weighted by Gasteiger charge is 2.19. The Balaban J connectivity index is 3.17. The third-order valence-electron chi connectivity index (χ3n) is 1.25. The number of rotatable bonds is 6. The average molecular weight is 194 g/mol. The number of halogens is 2. The van der Waals surface area contributed by atoms with Gasteiger partial charge in [-0.1, -0.05) is 12.2 Å². The van der Waals surface area contributed by atoms with Gasteiger partial charge in [-0.3, -0.25) is 0 Å². The minimum absolute atomic E-state index is 0.0462. The highest BCUT2D eigenvalue weighted by molar-refractivity contribution is 6.13. The summed E-state index contributed by atoms with van der Waals surface area (Å²) in [5.74, 6) is 0. The van der Waals surface area contributed by atoms with E-state index in [4.69, 9.17) is 4.74 Å². The highest BCUT2D eigenvalue weighted by atomic mass is 28.1. The minimum atomic E-state index is -2.42.